The fourth-order valence-electron chi connectivity index (χ4n) is 1.49. The van der Waals surface area contributed by atoms with E-state index < -0.39 is 16.9 Å². The molecule has 0 unspecified atom stereocenters. The van der Waals surface area contributed by atoms with E-state index in [4.69, 9.17) is 16.7 Å². The van der Waals surface area contributed by atoms with Crippen molar-refractivity contribution in [2.75, 3.05) is 5.32 Å². The second kappa shape index (κ2) is 6.33. The lowest BCUT2D eigenvalue weighted by Gasteiger charge is -2.17. The number of halogens is 1. The molecule has 1 aromatic rings. The molecule has 0 aliphatic rings. The van der Waals surface area contributed by atoms with E-state index in [1.807, 2.05) is 13.8 Å². The number of carboxylic acids is 1. The minimum atomic E-state index is -1.02. The lowest BCUT2D eigenvalue weighted by molar-refractivity contribution is -0.385. The van der Waals surface area contributed by atoms with Crippen LogP contribution >= 0.6 is 11.6 Å². The van der Waals surface area contributed by atoms with Crippen molar-refractivity contribution in [3.05, 3.63) is 27.4 Å². The van der Waals surface area contributed by atoms with Crippen molar-refractivity contribution in [2.45, 2.75) is 26.3 Å². The van der Waals surface area contributed by atoms with Gasteiger partial charge in [0.05, 0.1) is 9.95 Å². The Labute approximate surface area is 114 Å². The normalized spacial score (nSPS) is 12.2. The number of pyridine rings is 1. The molecule has 104 valence electrons. The molecule has 0 bridgehead atoms. The average Bonchev–Trinajstić information content (AvgIpc) is 2.29. The lowest BCUT2D eigenvalue weighted by Crippen LogP contribution is -2.31. The van der Waals surface area contributed by atoms with Gasteiger partial charge in [0.2, 0.25) is 0 Å². The fourth-order valence-corrected chi connectivity index (χ4v) is 1.71. The molecule has 8 heteroatoms. The van der Waals surface area contributed by atoms with E-state index in [1.165, 1.54) is 0 Å². The van der Waals surface area contributed by atoms with Crippen LogP contribution in [0.25, 0.3) is 0 Å². The van der Waals surface area contributed by atoms with Crippen molar-refractivity contribution in [2.24, 2.45) is 5.92 Å². The molecule has 0 aliphatic carbocycles. The van der Waals surface area contributed by atoms with Crippen molar-refractivity contribution in [3.63, 3.8) is 0 Å². The largest absolute Gasteiger partial charge is 0.480 e. The summed E-state index contributed by atoms with van der Waals surface area (Å²) in [5.41, 5.74) is -0.244. The molecular formula is C11H14ClN3O4. The molecule has 0 fully saturated rings. The molecule has 0 radical (unpaired) electrons. The summed E-state index contributed by atoms with van der Waals surface area (Å²) in [6, 6.07) is 0.289. The van der Waals surface area contributed by atoms with Gasteiger partial charge in [-0.15, -0.1) is 0 Å². The van der Waals surface area contributed by atoms with Crippen molar-refractivity contribution < 1.29 is 14.8 Å². The van der Waals surface area contributed by atoms with Gasteiger partial charge in [-0.25, -0.2) is 9.78 Å². The third kappa shape index (κ3) is 4.36. The molecule has 0 aliphatic heterocycles. The Morgan fingerprint density at radius 1 is 1.63 bits per heavy atom. The van der Waals surface area contributed by atoms with Gasteiger partial charge in [0, 0.05) is 6.07 Å². The van der Waals surface area contributed by atoms with Crippen LogP contribution in [0.3, 0.4) is 0 Å². The number of hydrogen-bond acceptors (Lipinski definition) is 5. The minimum absolute atomic E-state index is 0.0178. The van der Waals surface area contributed by atoms with Crippen molar-refractivity contribution in [3.8, 4) is 0 Å². The zero-order valence-electron chi connectivity index (χ0n) is 10.5. The molecule has 1 heterocycles. The van der Waals surface area contributed by atoms with Gasteiger partial charge in [-0.3, -0.25) is 10.1 Å². The maximum absolute atomic E-state index is 11.1. The van der Waals surface area contributed by atoms with E-state index in [0.717, 1.165) is 12.3 Å². The van der Waals surface area contributed by atoms with Crippen LogP contribution in [-0.2, 0) is 4.79 Å². The highest BCUT2D eigenvalue weighted by Crippen LogP contribution is 2.25. The molecule has 0 aromatic carbocycles. The maximum Gasteiger partial charge on any atom is 0.326 e. The number of aromatic nitrogens is 1. The number of nitro groups is 1. The summed E-state index contributed by atoms with van der Waals surface area (Å²) in [4.78, 5) is 24.8. The fraction of sp³-hybridized carbons (Fsp3) is 0.455. The van der Waals surface area contributed by atoms with Gasteiger partial charge in [0.15, 0.2) is 0 Å². The predicted octanol–water partition coefficient (Wildman–Crippen LogP) is 2.55. The Balaban J connectivity index is 2.91. The predicted molar refractivity (Wildman–Crippen MR) is 70.4 cm³/mol. The second-order valence-electron chi connectivity index (χ2n) is 4.45. The third-order valence-corrected chi connectivity index (χ3v) is 2.64. The van der Waals surface area contributed by atoms with Gasteiger partial charge in [-0.2, -0.15) is 0 Å². The lowest BCUT2D eigenvalue weighted by atomic mass is 10.0. The van der Waals surface area contributed by atoms with Crippen molar-refractivity contribution >= 4 is 29.1 Å². The molecule has 2 N–H and O–H groups in total. The first kappa shape index (κ1) is 15.2. The summed E-state index contributed by atoms with van der Waals surface area (Å²) in [5, 5.41) is 22.3. The molecule has 1 rings (SSSR count). The zero-order valence-corrected chi connectivity index (χ0v) is 11.2. The summed E-state index contributed by atoms with van der Waals surface area (Å²) in [6.45, 7) is 3.78. The molecule has 0 saturated heterocycles. The van der Waals surface area contributed by atoms with Crippen molar-refractivity contribution in [1.29, 1.82) is 0 Å². The van der Waals surface area contributed by atoms with Gasteiger partial charge < -0.3 is 10.4 Å². The molecule has 1 aromatic heterocycles. The molecule has 0 saturated carbocycles. The van der Waals surface area contributed by atoms with E-state index in [0.29, 0.717) is 6.42 Å². The average molecular weight is 288 g/mol. The van der Waals surface area contributed by atoms with Crippen LogP contribution in [-0.4, -0.2) is 27.0 Å². The van der Waals surface area contributed by atoms with Crippen LogP contribution in [0.1, 0.15) is 20.3 Å². The van der Waals surface area contributed by atoms with Gasteiger partial charge in [0.1, 0.15) is 18.1 Å². The van der Waals surface area contributed by atoms with E-state index >= 15 is 0 Å². The van der Waals surface area contributed by atoms with Crippen LogP contribution in [0.5, 0.6) is 0 Å². The first-order valence-corrected chi connectivity index (χ1v) is 5.98. The summed E-state index contributed by atoms with van der Waals surface area (Å²) >= 11 is 5.84. The molecule has 0 spiro atoms. The number of anilines is 1. The highest BCUT2D eigenvalue weighted by Gasteiger charge is 2.21. The monoisotopic (exact) mass is 287 g/mol. The number of carbonyl (C=O) groups is 1. The van der Waals surface area contributed by atoms with Crippen LogP contribution in [0.2, 0.25) is 5.02 Å². The summed E-state index contributed by atoms with van der Waals surface area (Å²) < 4.78 is 0. The van der Waals surface area contributed by atoms with E-state index in [-0.39, 0.29) is 22.4 Å². The third-order valence-electron chi connectivity index (χ3n) is 2.35. The second-order valence-corrected chi connectivity index (χ2v) is 4.85. The molecule has 0 amide bonds. The van der Waals surface area contributed by atoms with Gasteiger partial charge >= 0.3 is 5.97 Å². The Kier molecular flexibility index (Phi) is 5.05. The van der Waals surface area contributed by atoms with Gasteiger partial charge in [-0.05, 0) is 12.3 Å². The first-order chi connectivity index (χ1) is 8.81. The number of carboxylic acid groups (broad SMARTS) is 1. The minimum Gasteiger partial charge on any atom is -0.480 e. The molecule has 1 atom stereocenters. The molecule has 19 heavy (non-hydrogen) atoms. The summed E-state index contributed by atoms with van der Waals surface area (Å²) in [5.74, 6) is -0.726. The van der Waals surface area contributed by atoms with Crippen LogP contribution in [0.15, 0.2) is 12.3 Å². The Morgan fingerprint density at radius 2 is 2.26 bits per heavy atom. The SMILES string of the molecule is CC(C)C[C@H](Nc1ncc([N+](=O)[O-])cc1Cl)C(=O)O. The number of rotatable bonds is 6. The van der Waals surface area contributed by atoms with Gasteiger partial charge in [0.25, 0.3) is 5.69 Å². The highest BCUT2D eigenvalue weighted by molar-refractivity contribution is 6.33. The Bertz CT molecular complexity index is 493. The Hall–Kier alpha value is -1.89. The summed E-state index contributed by atoms with van der Waals surface area (Å²) in [6.07, 6.45) is 1.42. The number of nitrogens with zero attached hydrogens (tertiary/aromatic N) is 2. The maximum atomic E-state index is 11.1. The highest BCUT2D eigenvalue weighted by atomic mass is 35.5. The number of hydrogen-bond donors (Lipinski definition) is 2. The molecule has 7 nitrogen and oxygen atoms in total. The zero-order chi connectivity index (χ0) is 14.6. The van der Waals surface area contributed by atoms with Crippen LogP contribution < -0.4 is 5.32 Å². The number of nitrogens with one attached hydrogen (secondary N) is 1. The quantitative estimate of drug-likeness (QED) is 0.615. The standard InChI is InChI=1S/C11H14ClN3O4/c1-6(2)3-9(11(16)17)14-10-8(12)4-7(5-13-10)15(18)19/h4-6,9H,3H2,1-2H3,(H,13,14)(H,16,17)/t9-/m0/s1. The Morgan fingerprint density at radius 3 is 2.68 bits per heavy atom. The van der Waals surface area contributed by atoms with Gasteiger partial charge in [-0.1, -0.05) is 25.4 Å². The van der Waals surface area contributed by atoms with E-state index in [1.54, 1.807) is 0 Å². The topological polar surface area (TPSA) is 105 Å². The van der Waals surface area contributed by atoms with E-state index in [2.05, 4.69) is 10.3 Å². The first-order valence-electron chi connectivity index (χ1n) is 5.60. The smallest absolute Gasteiger partial charge is 0.326 e. The summed E-state index contributed by atoms with van der Waals surface area (Å²) in [7, 11) is 0. The van der Waals surface area contributed by atoms with Crippen LogP contribution in [0, 0.1) is 16.0 Å². The number of aliphatic carboxylic acids is 1. The molecular weight excluding hydrogens is 274 g/mol. The van der Waals surface area contributed by atoms with E-state index in [9.17, 15) is 14.9 Å². The van der Waals surface area contributed by atoms with Crippen molar-refractivity contribution in [1.82, 2.24) is 4.98 Å². The van der Waals surface area contributed by atoms with Crippen LogP contribution in [0.4, 0.5) is 11.5 Å².